The SMILES string of the molecule is CC1(c2ccc3ncc(-c4cccc(NC5CNCC5C(F)(F)F)n4)n3c2)CC1. The van der Waals surface area contributed by atoms with Gasteiger partial charge in [-0.3, -0.25) is 4.40 Å². The lowest BCUT2D eigenvalue weighted by Crippen LogP contribution is -2.38. The molecule has 2 atom stereocenters. The van der Waals surface area contributed by atoms with Crippen LogP contribution in [0.25, 0.3) is 17.0 Å². The molecule has 0 radical (unpaired) electrons. The molecule has 2 fully saturated rings. The zero-order valence-corrected chi connectivity index (χ0v) is 16.0. The van der Waals surface area contributed by atoms with Gasteiger partial charge in [0, 0.05) is 19.3 Å². The first-order chi connectivity index (χ1) is 13.8. The summed E-state index contributed by atoms with van der Waals surface area (Å²) in [5.74, 6) is -0.990. The summed E-state index contributed by atoms with van der Waals surface area (Å²) in [4.78, 5) is 9.05. The fourth-order valence-corrected chi connectivity index (χ4v) is 4.03. The average Bonchev–Trinajstić information content (AvgIpc) is 3.09. The van der Waals surface area contributed by atoms with Crippen molar-refractivity contribution in [2.45, 2.75) is 37.4 Å². The largest absolute Gasteiger partial charge is 0.395 e. The molecule has 0 spiro atoms. The second-order valence-electron chi connectivity index (χ2n) is 8.32. The number of fused-ring (bicyclic) bond motifs is 1. The van der Waals surface area contributed by atoms with Crippen LogP contribution in [0.2, 0.25) is 0 Å². The molecule has 3 aromatic rings. The van der Waals surface area contributed by atoms with Crippen LogP contribution in [0, 0.1) is 5.92 Å². The van der Waals surface area contributed by atoms with Gasteiger partial charge < -0.3 is 10.6 Å². The van der Waals surface area contributed by atoms with Crippen LogP contribution in [0.15, 0.2) is 42.7 Å². The second-order valence-corrected chi connectivity index (χ2v) is 8.32. The molecule has 8 heteroatoms. The first kappa shape index (κ1) is 18.4. The Bertz CT molecular complexity index is 1050. The summed E-state index contributed by atoms with van der Waals surface area (Å²) in [6.45, 7) is 2.43. The third kappa shape index (κ3) is 3.35. The van der Waals surface area contributed by atoms with Crippen molar-refractivity contribution in [3.8, 4) is 11.4 Å². The molecule has 152 valence electrons. The van der Waals surface area contributed by atoms with Crippen LogP contribution >= 0.6 is 0 Å². The van der Waals surface area contributed by atoms with Gasteiger partial charge in [-0.1, -0.05) is 19.1 Å². The lowest BCUT2D eigenvalue weighted by Gasteiger charge is -2.22. The van der Waals surface area contributed by atoms with Gasteiger partial charge in [0.15, 0.2) is 0 Å². The smallest absolute Gasteiger partial charge is 0.365 e. The van der Waals surface area contributed by atoms with Crippen molar-refractivity contribution in [1.82, 2.24) is 19.7 Å². The van der Waals surface area contributed by atoms with E-state index in [0.29, 0.717) is 11.5 Å². The molecule has 0 bridgehead atoms. The molecule has 1 saturated carbocycles. The quantitative estimate of drug-likeness (QED) is 0.694. The summed E-state index contributed by atoms with van der Waals surface area (Å²) in [6, 6.07) is 8.75. The number of imidazole rings is 1. The van der Waals surface area contributed by atoms with Gasteiger partial charge in [0.25, 0.3) is 0 Å². The van der Waals surface area contributed by atoms with Gasteiger partial charge >= 0.3 is 6.18 Å². The number of anilines is 1. The third-order valence-corrected chi connectivity index (χ3v) is 6.18. The number of halogens is 3. The summed E-state index contributed by atoms with van der Waals surface area (Å²) >= 11 is 0. The van der Waals surface area contributed by atoms with Crippen molar-refractivity contribution in [3.05, 3.63) is 48.3 Å². The molecule has 5 nitrogen and oxygen atoms in total. The second kappa shape index (κ2) is 6.45. The monoisotopic (exact) mass is 401 g/mol. The van der Waals surface area contributed by atoms with Gasteiger partial charge in [-0.25, -0.2) is 9.97 Å². The standard InChI is InChI=1S/C21H22F3N5/c1-20(7-8-20)13-5-6-19-26-11-17(29(19)12-13)15-3-2-4-18(27-15)28-16-10-25-9-14(16)21(22,23)24/h2-6,11-12,14,16,25H,7-10H2,1H3,(H,27,28). The molecular formula is C21H22F3N5. The van der Waals surface area contributed by atoms with Crippen molar-refractivity contribution >= 4 is 11.5 Å². The Morgan fingerprint density at radius 1 is 1.17 bits per heavy atom. The van der Waals surface area contributed by atoms with E-state index in [4.69, 9.17) is 0 Å². The Morgan fingerprint density at radius 2 is 2.00 bits per heavy atom. The Morgan fingerprint density at radius 3 is 2.76 bits per heavy atom. The summed E-state index contributed by atoms with van der Waals surface area (Å²) in [5.41, 5.74) is 3.82. The Labute approximate surface area is 166 Å². The first-order valence-electron chi connectivity index (χ1n) is 9.82. The molecule has 2 unspecified atom stereocenters. The van der Waals surface area contributed by atoms with Gasteiger partial charge in [-0.15, -0.1) is 0 Å². The number of hydrogen-bond acceptors (Lipinski definition) is 4. The van der Waals surface area contributed by atoms with Gasteiger partial charge in [-0.05, 0) is 42.0 Å². The van der Waals surface area contributed by atoms with E-state index in [-0.39, 0.29) is 18.5 Å². The van der Waals surface area contributed by atoms with Crippen LogP contribution in [-0.4, -0.2) is 39.7 Å². The van der Waals surface area contributed by atoms with Gasteiger partial charge in [-0.2, -0.15) is 13.2 Å². The highest BCUT2D eigenvalue weighted by atomic mass is 19.4. The zero-order valence-electron chi connectivity index (χ0n) is 16.0. The van der Waals surface area contributed by atoms with E-state index in [1.165, 1.54) is 18.4 Å². The van der Waals surface area contributed by atoms with E-state index in [1.807, 2.05) is 16.5 Å². The number of nitrogens with one attached hydrogen (secondary N) is 2. The van der Waals surface area contributed by atoms with Crippen LogP contribution < -0.4 is 10.6 Å². The van der Waals surface area contributed by atoms with E-state index in [1.54, 1.807) is 18.3 Å². The molecule has 1 aliphatic heterocycles. The predicted molar refractivity (Wildman–Crippen MR) is 105 cm³/mol. The molecule has 0 amide bonds. The summed E-state index contributed by atoms with van der Waals surface area (Å²) in [6.07, 6.45) is 1.98. The van der Waals surface area contributed by atoms with Gasteiger partial charge in [0.05, 0.1) is 29.5 Å². The number of rotatable bonds is 4. The molecule has 4 heterocycles. The van der Waals surface area contributed by atoms with Crippen LogP contribution in [-0.2, 0) is 5.41 Å². The molecule has 1 saturated heterocycles. The minimum atomic E-state index is -4.24. The van der Waals surface area contributed by atoms with Crippen LogP contribution in [0.4, 0.5) is 19.0 Å². The number of alkyl halides is 3. The number of aromatic nitrogens is 3. The van der Waals surface area contributed by atoms with E-state index >= 15 is 0 Å². The summed E-state index contributed by atoms with van der Waals surface area (Å²) < 4.78 is 41.7. The summed E-state index contributed by atoms with van der Waals surface area (Å²) in [7, 11) is 0. The van der Waals surface area contributed by atoms with E-state index < -0.39 is 18.1 Å². The Hall–Kier alpha value is -2.61. The van der Waals surface area contributed by atoms with Crippen molar-refractivity contribution in [1.29, 1.82) is 0 Å². The highest BCUT2D eigenvalue weighted by Crippen LogP contribution is 2.47. The Kier molecular flexibility index (Phi) is 4.10. The number of pyridine rings is 2. The molecule has 29 heavy (non-hydrogen) atoms. The highest BCUT2D eigenvalue weighted by Gasteiger charge is 2.47. The van der Waals surface area contributed by atoms with E-state index in [9.17, 15) is 13.2 Å². The van der Waals surface area contributed by atoms with Crippen molar-refractivity contribution in [2.75, 3.05) is 18.4 Å². The maximum atomic E-state index is 13.2. The average molecular weight is 401 g/mol. The fourth-order valence-electron chi connectivity index (χ4n) is 4.03. The van der Waals surface area contributed by atoms with Crippen LogP contribution in [0.1, 0.15) is 25.3 Å². The van der Waals surface area contributed by atoms with Crippen LogP contribution in [0.3, 0.4) is 0 Å². The zero-order chi connectivity index (χ0) is 20.2. The maximum absolute atomic E-state index is 13.2. The van der Waals surface area contributed by atoms with Gasteiger partial charge in [0.2, 0.25) is 0 Å². The molecule has 2 aliphatic rings. The van der Waals surface area contributed by atoms with Crippen LogP contribution in [0.5, 0.6) is 0 Å². The van der Waals surface area contributed by atoms with Crippen molar-refractivity contribution in [3.63, 3.8) is 0 Å². The fraction of sp³-hybridized carbons (Fsp3) is 0.429. The first-order valence-corrected chi connectivity index (χ1v) is 9.82. The third-order valence-electron chi connectivity index (χ3n) is 6.18. The number of hydrogen-bond donors (Lipinski definition) is 2. The minimum absolute atomic E-state index is 0.0737. The molecular weight excluding hydrogens is 379 g/mol. The normalized spacial score (nSPS) is 23.4. The lowest BCUT2D eigenvalue weighted by molar-refractivity contribution is -0.170. The lowest BCUT2D eigenvalue weighted by atomic mass is 10.0. The molecule has 5 rings (SSSR count). The molecule has 0 aromatic carbocycles. The van der Waals surface area contributed by atoms with Crippen molar-refractivity contribution in [2.24, 2.45) is 5.92 Å². The molecule has 1 aliphatic carbocycles. The Balaban J connectivity index is 1.46. The maximum Gasteiger partial charge on any atom is 0.395 e. The minimum Gasteiger partial charge on any atom is -0.365 e. The number of nitrogens with zero attached hydrogens (tertiary/aromatic N) is 3. The summed E-state index contributed by atoms with van der Waals surface area (Å²) in [5, 5.41) is 5.79. The molecule has 2 N–H and O–H groups in total. The van der Waals surface area contributed by atoms with Gasteiger partial charge in [0.1, 0.15) is 11.5 Å². The topological polar surface area (TPSA) is 54.2 Å². The highest BCUT2D eigenvalue weighted by molar-refractivity contribution is 5.62. The van der Waals surface area contributed by atoms with E-state index in [0.717, 1.165) is 11.3 Å². The van der Waals surface area contributed by atoms with E-state index in [2.05, 4.69) is 39.8 Å². The van der Waals surface area contributed by atoms with Crippen molar-refractivity contribution < 1.29 is 13.2 Å². The molecule has 3 aromatic heterocycles. The predicted octanol–water partition coefficient (Wildman–Crippen LogP) is 4.01.